The molecule has 0 saturated carbocycles. The van der Waals surface area contributed by atoms with Crippen molar-refractivity contribution in [2.75, 3.05) is 26.7 Å². The summed E-state index contributed by atoms with van der Waals surface area (Å²) in [6.45, 7) is 6.35. The molecule has 1 heterocycles. The molecule has 7 nitrogen and oxygen atoms in total. The fourth-order valence-corrected chi connectivity index (χ4v) is 4.29. The number of benzene rings is 2. The quantitative estimate of drug-likeness (QED) is 0.400. The number of rotatable bonds is 10. The Morgan fingerprint density at radius 2 is 2.03 bits per heavy atom. The zero-order valence-corrected chi connectivity index (χ0v) is 19.0. The Labute approximate surface area is 185 Å². The lowest BCUT2D eigenvalue weighted by Crippen LogP contribution is -2.37. The SMILES string of the molecule is CCN1CCCC1CNCc1c(Br)ccc(OC)c1OCc1ccc([N+](=O)[O-])cc1. The number of likely N-dealkylation sites (N-methyl/N-ethyl adjacent to an activating group) is 1. The largest absolute Gasteiger partial charge is 0.493 e. The normalized spacial score (nSPS) is 16.6. The van der Waals surface area contributed by atoms with Gasteiger partial charge < -0.3 is 14.8 Å². The maximum Gasteiger partial charge on any atom is 0.269 e. The molecule has 0 spiro atoms. The Bertz CT molecular complexity index is 860. The minimum Gasteiger partial charge on any atom is -0.493 e. The highest BCUT2D eigenvalue weighted by Crippen LogP contribution is 2.37. The molecule has 8 heteroatoms. The van der Waals surface area contributed by atoms with Crippen LogP contribution in [-0.4, -0.2) is 42.6 Å². The van der Waals surface area contributed by atoms with E-state index in [9.17, 15) is 10.1 Å². The fourth-order valence-electron chi connectivity index (χ4n) is 3.84. The Hall–Kier alpha value is -2.16. The van der Waals surface area contributed by atoms with Crippen LogP contribution in [0.15, 0.2) is 40.9 Å². The van der Waals surface area contributed by atoms with Crippen LogP contribution in [-0.2, 0) is 13.2 Å². The topological polar surface area (TPSA) is 76.9 Å². The molecule has 1 aliphatic heterocycles. The van der Waals surface area contributed by atoms with E-state index in [1.165, 1.54) is 31.5 Å². The van der Waals surface area contributed by atoms with E-state index in [1.807, 2.05) is 12.1 Å². The van der Waals surface area contributed by atoms with E-state index < -0.39 is 4.92 Å². The molecule has 1 unspecified atom stereocenters. The molecule has 3 rings (SSSR count). The second kappa shape index (κ2) is 10.7. The molecular weight excluding hydrogens is 450 g/mol. The molecule has 1 atom stereocenters. The smallest absolute Gasteiger partial charge is 0.269 e. The summed E-state index contributed by atoms with van der Waals surface area (Å²) in [6, 6.07) is 10.8. The Balaban J connectivity index is 1.69. The van der Waals surface area contributed by atoms with Crippen LogP contribution in [0.4, 0.5) is 5.69 Å². The molecule has 1 fully saturated rings. The maximum atomic E-state index is 10.8. The predicted molar refractivity (Wildman–Crippen MR) is 120 cm³/mol. The second-order valence-electron chi connectivity index (χ2n) is 7.33. The summed E-state index contributed by atoms with van der Waals surface area (Å²) in [5.74, 6) is 1.34. The first-order chi connectivity index (χ1) is 14.5. The van der Waals surface area contributed by atoms with Gasteiger partial charge in [-0.1, -0.05) is 22.9 Å². The van der Waals surface area contributed by atoms with Gasteiger partial charge in [0.1, 0.15) is 6.61 Å². The summed E-state index contributed by atoms with van der Waals surface area (Å²) in [5.41, 5.74) is 1.92. The van der Waals surface area contributed by atoms with Crippen molar-refractivity contribution in [3.8, 4) is 11.5 Å². The second-order valence-corrected chi connectivity index (χ2v) is 8.18. The van der Waals surface area contributed by atoms with E-state index in [2.05, 4.69) is 33.1 Å². The number of halogens is 1. The third kappa shape index (κ3) is 5.50. The Morgan fingerprint density at radius 3 is 2.70 bits per heavy atom. The molecule has 0 bridgehead atoms. The van der Waals surface area contributed by atoms with Gasteiger partial charge in [-0.05, 0) is 55.8 Å². The molecule has 30 heavy (non-hydrogen) atoms. The van der Waals surface area contributed by atoms with Gasteiger partial charge in [-0.3, -0.25) is 15.0 Å². The molecule has 1 N–H and O–H groups in total. The fraction of sp³-hybridized carbons (Fsp3) is 0.455. The van der Waals surface area contributed by atoms with Gasteiger partial charge in [0.2, 0.25) is 0 Å². The number of nitro groups is 1. The van der Waals surface area contributed by atoms with Gasteiger partial charge in [0.25, 0.3) is 5.69 Å². The van der Waals surface area contributed by atoms with Crippen molar-refractivity contribution < 1.29 is 14.4 Å². The minimum absolute atomic E-state index is 0.0664. The van der Waals surface area contributed by atoms with Crippen LogP contribution < -0.4 is 14.8 Å². The van der Waals surface area contributed by atoms with Crippen molar-refractivity contribution in [3.05, 3.63) is 62.1 Å². The maximum absolute atomic E-state index is 10.8. The van der Waals surface area contributed by atoms with Crippen molar-refractivity contribution >= 4 is 21.6 Å². The third-order valence-corrected chi connectivity index (χ3v) is 6.25. The Morgan fingerprint density at radius 1 is 1.27 bits per heavy atom. The van der Waals surface area contributed by atoms with Gasteiger partial charge in [-0.15, -0.1) is 0 Å². The standard InChI is InChI=1S/C22H28BrN3O4/c1-3-25-12-4-5-18(25)13-24-14-19-20(23)10-11-21(29-2)22(19)30-15-16-6-8-17(9-7-16)26(27)28/h6-11,18,24H,3-5,12-15H2,1-2H3. The monoisotopic (exact) mass is 477 g/mol. The van der Waals surface area contributed by atoms with Crippen LogP contribution in [0.5, 0.6) is 11.5 Å². The lowest BCUT2D eigenvalue weighted by Gasteiger charge is -2.23. The van der Waals surface area contributed by atoms with Gasteiger partial charge in [0.05, 0.1) is 12.0 Å². The van der Waals surface area contributed by atoms with Gasteiger partial charge in [0.15, 0.2) is 11.5 Å². The van der Waals surface area contributed by atoms with Crippen LogP contribution in [0.1, 0.15) is 30.9 Å². The third-order valence-electron chi connectivity index (χ3n) is 5.50. The van der Waals surface area contributed by atoms with Gasteiger partial charge in [-0.25, -0.2) is 0 Å². The highest BCUT2D eigenvalue weighted by molar-refractivity contribution is 9.10. The van der Waals surface area contributed by atoms with Crippen molar-refractivity contribution in [1.29, 1.82) is 0 Å². The predicted octanol–water partition coefficient (Wildman–Crippen LogP) is 4.52. The van der Waals surface area contributed by atoms with Crippen molar-refractivity contribution in [2.24, 2.45) is 0 Å². The molecular formula is C22H28BrN3O4. The molecule has 0 aliphatic carbocycles. The van der Waals surface area contributed by atoms with Crippen LogP contribution in [0.2, 0.25) is 0 Å². The molecule has 1 saturated heterocycles. The highest BCUT2D eigenvalue weighted by Gasteiger charge is 2.23. The first-order valence-electron chi connectivity index (χ1n) is 10.2. The zero-order chi connectivity index (χ0) is 21.5. The number of nitrogens with one attached hydrogen (secondary N) is 1. The first-order valence-corrected chi connectivity index (χ1v) is 11.0. The van der Waals surface area contributed by atoms with Crippen molar-refractivity contribution in [1.82, 2.24) is 10.2 Å². The van der Waals surface area contributed by atoms with Crippen LogP contribution in [0.3, 0.4) is 0 Å². The van der Waals surface area contributed by atoms with E-state index in [0.29, 0.717) is 30.7 Å². The van der Waals surface area contributed by atoms with Crippen molar-refractivity contribution in [2.45, 2.75) is 39.0 Å². The number of methoxy groups -OCH3 is 1. The van der Waals surface area contributed by atoms with Crippen LogP contribution in [0.25, 0.3) is 0 Å². The highest BCUT2D eigenvalue weighted by atomic mass is 79.9. The summed E-state index contributed by atoms with van der Waals surface area (Å²) in [7, 11) is 1.62. The molecule has 162 valence electrons. The van der Waals surface area contributed by atoms with Crippen LogP contribution >= 0.6 is 15.9 Å². The van der Waals surface area contributed by atoms with E-state index in [0.717, 1.165) is 28.7 Å². The molecule has 0 radical (unpaired) electrons. The number of likely N-dealkylation sites (tertiary alicyclic amines) is 1. The molecule has 0 aromatic heterocycles. The first kappa shape index (κ1) is 22.5. The molecule has 1 aliphatic rings. The molecule has 2 aromatic rings. The summed E-state index contributed by atoms with van der Waals surface area (Å²) < 4.78 is 12.6. The molecule has 0 amide bonds. The number of nitrogens with zero attached hydrogens (tertiary/aromatic N) is 2. The summed E-state index contributed by atoms with van der Waals surface area (Å²) in [5, 5.41) is 14.4. The minimum atomic E-state index is -0.407. The van der Waals surface area contributed by atoms with Crippen molar-refractivity contribution in [3.63, 3.8) is 0 Å². The summed E-state index contributed by atoms with van der Waals surface area (Å²) in [4.78, 5) is 12.9. The van der Waals surface area contributed by atoms with E-state index in [-0.39, 0.29) is 5.69 Å². The van der Waals surface area contributed by atoms with E-state index in [1.54, 1.807) is 19.2 Å². The summed E-state index contributed by atoms with van der Waals surface area (Å²) >= 11 is 3.64. The van der Waals surface area contributed by atoms with Gasteiger partial charge in [-0.2, -0.15) is 0 Å². The average Bonchev–Trinajstić information content (AvgIpc) is 3.21. The average molecular weight is 478 g/mol. The number of nitro benzene ring substituents is 1. The number of non-ortho nitro benzene ring substituents is 1. The lowest BCUT2D eigenvalue weighted by atomic mass is 10.1. The Kier molecular flexibility index (Phi) is 8.07. The number of hydrogen-bond acceptors (Lipinski definition) is 6. The zero-order valence-electron chi connectivity index (χ0n) is 17.4. The lowest BCUT2D eigenvalue weighted by molar-refractivity contribution is -0.384. The van der Waals surface area contributed by atoms with Gasteiger partial charge in [0, 0.05) is 41.3 Å². The van der Waals surface area contributed by atoms with E-state index >= 15 is 0 Å². The number of ether oxygens (including phenoxy) is 2. The number of hydrogen-bond donors (Lipinski definition) is 1. The van der Waals surface area contributed by atoms with Crippen LogP contribution in [0, 0.1) is 10.1 Å². The summed E-state index contributed by atoms with van der Waals surface area (Å²) in [6.07, 6.45) is 2.48. The van der Waals surface area contributed by atoms with Gasteiger partial charge >= 0.3 is 0 Å². The van der Waals surface area contributed by atoms with E-state index in [4.69, 9.17) is 9.47 Å². The molecule has 2 aromatic carbocycles.